The molecule has 142 valence electrons. The second kappa shape index (κ2) is 8.18. The number of aryl methyl sites for hydroxylation is 2. The van der Waals surface area contributed by atoms with Gasteiger partial charge in [-0.1, -0.05) is 11.8 Å². The minimum absolute atomic E-state index is 0.136. The minimum Gasteiger partial charge on any atom is -0.302 e. The lowest BCUT2D eigenvalue weighted by atomic mass is 10.2. The number of hydrogen-bond acceptors (Lipinski definition) is 6. The molecule has 1 amide bonds. The predicted octanol–water partition coefficient (Wildman–Crippen LogP) is 4.30. The van der Waals surface area contributed by atoms with Gasteiger partial charge in [-0.05, 0) is 52.0 Å². The SMILES string of the molecule is CCn1c(SC(C)C(=O)Nc2nc(C)c(C)s2)nnc1-c1ccc(F)cc1. The fraction of sp³-hybridized carbons (Fsp3) is 0.333. The maximum atomic E-state index is 13.2. The smallest absolute Gasteiger partial charge is 0.239 e. The van der Waals surface area contributed by atoms with Gasteiger partial charge < -0.3 is 9.88 Å². The van der Waals surface area contributed by atoms with E-state index in [1.165, 1.54) is 35.2 Å². The minimum atomic E-state index is -0.370. The third-order valence-electron chi connectivity index (χ3n) is 4.05. The van der Waals surface area contributed by atoms with E-state index in [9.17, 15) is 9.18 Å². The van der Waals surface area contributed by atoms with Crippen LogP contribution < -0.4 is 5.32 Å². The van der Waals surface area contributed by atoms with Crippen molar-refractivity contribution < 1.29 is 9.18 Å². The normalized spacial score (nSPS) is 12.2. The van der Waals surface area contributed by atoms with Crippen LogP contribution in [0.25, 0.3) is 11.4 Å². The Morgan fingerprint density at radius 1 is 1.30 bits per heavy atom. The van der Waals surface area contributed by atoms with Crippen molar-refractivity contribution in [2.45, 2.75) is 44.6 Å². The van der Waals surface area contributed by atoms with Gasteiger partial charge in [-0.3, -0.25) is 4.79 Å². The van der Waals surface area contributed by atoms with Crippen LogP contribution in [0.1, 0.15) is 24.4 Å². The molecule has 3 aromatic rings. The first-order valence-electron chi connectivity index (χ1n) is 8.49. The average molecular weight is 406 g/mol. The zero-order valence-electron chi connectivity index (χ0n) is 15.5. The zero-order valence-corrected chi connectivity index (χ0v) is 17.1. The van der Waals surface area contributed by atoms with Crippen LogP contribution in [-0.4, -0.2) is 30.9 Å². The number of thiazole rings is 1. The molecule has 9 heteroatoms. The maximum Gasteiger partial charge on any atom is 0.239 e. The van der Waals surface area contributed by atoms with Crippen LogP contribution in [0.3, 0.4) is 0 Å². The van der Waals surface area contributed by atoms with Gasteiger partial charge in [0.1, 0.15) is 5.82 Å². The molecule has 1 aromatic carbocycles. The topological polar surface area (TPSA) is 72.7 Å². The molecule has 0 spiro atoms. The van der Waals surface area contributed by atoms with Crippen molar-refractivity contribution in [1.29, 1.82) is 0 Å². The fourth-order valence-electron chi connectivity index (χ4n) is 2.42. The van der Waals surface area contributed by atoms with E-state index in [-0.39, 0.29) is 17.0 Å². The van der Waals surface area contributed by atoms with Crippen LogP contribution in [-0.2, 0) is 11.3 Å². The number of anilines is 1. The third kappa shape index (κ3) is 4.36. The number of amides is 1. The number of carbonyl (C=O) groups excluding carboxylic acids is 1. The monoisotopic (exact) mass is 405 g/mol. The molecule has 6 nitrogen and oxygen atoms in total. The summed E-state index contributed by atoms with van der Waals surface area (Å²) in [6.45, 7) is 8.33. The largest absolute Gasteiger partial charge is 0.302 e. The Kier molecular flexibility index (Phi) is 5.91. The zero-order chi connectivity index (χ0) is 19.6. The van der Waals surface area contributed by atoms with Crippen molar-refractivity contribution in [3.05, 3.63) is 40.7 Å². The fourth-order valence-corrected chi connectivity index (χ4v) is 4.15. The van der Waals surface area contributed by atoms with Gasteiger partial charge in [0.05, 0.1) is 10.9 Å². The van der Waals surface area contributed by atoms with E-state index >= 15 is 0 Å². The van der Waals surface area contributed by atoms with Crippen LogP contribution in [0.5, 0.6) is 0 Å². The number of halogens is 1. The summed E-state index contributed by atoms with van der Waals surface area (Å²) in [5.74, 6) is 0.218. The van der Waals surface area contributed by atoms with Crippen LogP contribution in [0.2, 0.25) is 0 Å². The lowest BCUT2D eigenvalue weighted by molar-refractivity contribution is -0.115. The van der Waals surface area contributed by atoms with Gasteiger partial charge in [-0.25, -0.2) is 9.37 Å². The average Bonchev–Trinajstić information content (AvgIpc) is 3.18. The van der Waals surface area contributed by atoms with Crippen LogP contribution >= 0.6 is 23.1 Å². The lowest BCUT2D eigenvalue weighted by Crippen LogP contribution is -2.22. The highest BCUT2D eigenvalue weighted by Crippen LogP contribution is 2.28. The molecule has 0 fully saturated rings. The van der Waals surface area contributed by atoms with Gasteiger partial charge in [0.2, 0.25) is 5.91 Å². The second-order valence-electron chi connectivity index (χ2n) is 5.97. The summed E-state index contributed by atoms with van der Waals surface area (Å²) in [5.41, 5.74) is 1.70. The van der Waals surface area contributed by atoms with Gasteiger partial charge in [0.25, 0.3) is 0 Å². The highest BCUT2D eigenvalue weighted by molar-refractivity contribution is 8.00. The Labute approximate surface area is 165 Å². The molecule has 1 atom stereocenters. The lowest BCUT2D eigenvalue weighted by Gasteiger charge is -2.11. The number of rotatable bonds is 6. The number of aromatic nitrogens is 4. The molecule has 0 aliphatic heterocycles. The number of carbonyl (C=O) groups is 1. The van der Waals surface area contributed by atoms with Gasteiger partial charge in [0, 0.05) is 17.0 Å². The van der Waals surface area contributed by atoms with Crippen LogP contribution in [0.4, 0.5) is 9.52 Å². The molecule has 1 unspecified atom stereocenters. The Bertz CT molecular complexity index is 932. The highest BCUT2D eigenvalue weighted by Gasteiger charge is 2.21. The molecule has 0 saturated heterocycles. The van der Waals surface area contributed by atoms with E-state index in [0.29, 0.717) is 22.7 Å². The molecule has 3 rings (SSSR count). The van der Waals surface area contributed by atoms with Crippen LogP contribution in [0, 0.1) is 19.7 Å². The summed E-state index contributed by atoms with van der Waals surface area (Å²) in [6.07, 6.45) is 0. The van der Waals surface area contributed by atoms with E-state index < -0.39 is 0 Å². The highest BCUT2D eigenvalue weighted by atomic mass is 32.2. The first kappa shape index (κ1) is 19.5. The number of thioether (sulfide) groups is 1. The van der Waals surface area contributed by atoms with Crippen molar-refractivity contribution in [2.24, 2.45) is 0 Å². The quantitative estimate of drug-likeness (QED) is 0.619. The predicted molar refractivity (Wildman–Crippen MR) is 107 cm³/mol. The molecule has 0 aliphatic rings. The molecular formula is C18H20FN5OS2. The summed E-state index contributed by atoms with van der Waals surface area (Å²) < 4.78 is 15.1. The maximum absolute atomic E-state index is 13.2. The first-order chi connectivity index (χ1) is 12.9. The van der Waals surface area contributed by atoms with Gasteiger partial charge in [-0.2, -0.15) is 0 Å². The third-order valence-corrected chi connectivity index (χ3v) is 6.11. The first-order valence-corrected chi connectivity index (χ1v) is 10.2. The number of nitrogens with one attached hydrogen (secondary N) is 1. The summed E-state index contributed by atoms with van der Waals surface area (Å²) in [5, 5.41) is 12.2. The van der Waals surface area contributed by atoms with Crippen molar-refractivity contribution in [2.75, 3.05) is 5.32 Å². The van der Waals surface area contributed by atoms with E-state index in [1.807, 2.05) is 32.3 Å². The molecule has 0 bridgehead atoms. The van der Waals surface area contributed by atoms with Gasteiger partial charge in [-0.15, -0.1) is 21.5 Å². The molecule has 2 heterocycles. The van der Waals surface area contributed by atoms with Gasteiger partial charge >= 0.3 is 0 Å². The molecule has 27 heavy (non-hydrogen) atoms. The second-order valence-corrected chi connectivity index (χ2v) is 8.48. The molecule has 0 saturated carbocycles. The molecule has 1 N–H and O–H groups in total. The summed E-state index contributed by atoms with van der Waals surface area (Å²) >= 11 is 2.79. The molecule has 0 aliphatic carbocycles. The van der Waals surface area contributed by atoms with Gasteiger partial charge in [0.15, 0.2) is 16.1 Å². The van der Waals surface area contributed by atoms with E-state index in [1.54, 1.807) is 12.1 Å². The van der Waals surface area contributed by atoms with Crippen molar-refractivity contribution in [3.8, 4) is 11.4 Å². The Hall–Kier alpha value is -2.26. The van der Waals surface area contributed by atoms with Crippen molar-refractivity contribution in [3.63, 3.8) is 0 Å². The number of hydrogen-bond donors (Lipinski definition) is 1. The van der Waals surface area contributed by atoms with E-state index in [2.05, 4.69) is 20.5 Å². The van der Waals surface area contributed by atoms with Crippen molar-refractivity contribution in [1.82, 2.24) is 19.7 Å². The molecular weight excluding hydrogens is 385 g/mol. The standard InChI is InChI=1S/C18H20FN5OS2/c1-5-24-15(13-6-8-14(19)9-7-13)22-23-18(24)27-12(4)16(25)21-17-20-10(2)11(3)26-17/h6-9,12H,5H2,1-4H3,(H,20,21,25). The Balaban J connectivity index is 1.74. The summed E-state index contributed by atoms with van der Waals surface area (Å²) in [7, 11) is 0. The van der Waals surface area contributed by atoms with E-state index in [0.717, 1.165) is 16.1 Å². The summed E-state index contributed by atoms with van der Waals surface area (Å²) in [6, 6.07) is 6.13. The van der Waals surface area contributed by atoms with Crippen molar-refractivity contribution >= 4 is 34.1 Å². The number of nitrogens with zero attached hydrogens (tertiary/aromatic N) is 4. The Morgan fingerprint density at radius 2 is 2.00 bits per heavy atom. The molecule has 2 aromatic heterocycles. The summed E-state index contributed by atoms with van der Waals surface area (Å²) in [4.78, 5) is 17.9. The van der Waals surface area contributed by atoms with E-state index in [4.69, 9.17) is 0 Å². The van der Waals surface area contributed by atoms with Crippen LogP contribution in [0.15, 0.2) is 29.4 Å². The Morgan fingerprint density at radius 3 is 2.59 bits per heavy atom. The number of benzene rings is 1. The molecule has 0 radical (unpaired) electrons.